The van der Waals surface area contributed by atoms with Crippen molar-refractivity contribution >= 4 is 23.3 Å². The normalized spacial score (nSPS) is 23.3. The number of ether oxygens (including phenoxy) is 1. The van der Waals surface area contributed by atoms with Crippen molar-refractivity contribution in [2.24, 2.45) is 5.92 Å². The Labute approximate surface area is 183 Å². The summed E-state index contributed by atoms with van der Waals surface area (Å²) >= 11 is 1.74. The Morgan fingerprint density at radius 1 is 1.19 bits per heavy atom. The van der Waals surface area contributed by atoms with Crippen molar-refractivity contribution < 1.29 is 50.9 Å². The van der Waals surface area contributed by atoms with E-state index in [1.165, 1.54) is 5.69 Å². The van der Waals surface area contributed by atoms with E-state index in [0.717, 1.165) is 37.6 Å². The SMILES string of the molecule is CO[C@@H]1CCN[C@@H]2CN(Cc3csc(C)n3)C[C@@H]21.O=C(O)C(F)(F)F.O=C(O)C(F)(F)F. The molecule has 3 heterocycles. The Kier molecular flexibility index (Phi) is 10.3. The number of aromatic nitrogens is 1. The Bertz CT molecular complexity index is 734. The molecule has 2 fully saturated rings. The molecule has 2 saturated heterocycles. The Morgan fingerprint density at radius 2 is 1.72 bits per heavy atom. The van der Waals surface area contributed by atoms with E-state index in [2.05, 4.69) is 27.5 Å². The Balaban J connectivity index is 0.000000305. The monoisotopic (exact) mass is 495 g/mol. The minimum Gasteiger partial charge on any atom is -0.475 e. The van der Waals surface area contributed by atoms with Gasteiger partial charge in [-0.1, -0.05) is 0 Å². The van der Waals surface area contributed by atoms with Gasteiger partial charge in [0.25, 0.3) is 0 Å². The summed E-state index contributed by atoms with van der Waals surface area (Å²) in [6.45, 7) is 6.40. The molecule has 0 aromatic carbocycles. The predicted octanol–water partition coefficient (Wildman–Crippen LogP) is 2.53. The molecule has 0 aliphatic carbocycles. The molecule has 0 radical (unpaired) electrons. The first-order valence-electron chi connectivity index (χ1n) is 9.14. The van der Waals surface area contributed by atoms with Crippen molar-refractivity contribution in [1.82, 2.24) is 15.2 Å². The number of aliphatic carboxylic acids is 2. The molecule has 1 aromatic heterocycles. The molecule has 15 heteroatoms. The zero-order valence-electron chi connectivity index (χ0n) is 17.0. The minimum absolute atomic E-state index is 0.429. The number of nitrogens with zero attached hydrogens (tertiary/aromatic N) is 2. The van der Waals surface area contributed by atoms with Gasteiger partial charge in [0.15, 0.2) is 0 Å². The summed E-state index contributed by atoms with van der Waals surface area (Å²) in [6, 6.07) is 0.600. The van der Waals surface area contributed by atoms with Crippen LogP contribution in [0, 0.1) is 12.8 Å². The quantitative estimate of drug-likeness (QED) is 0.549. The number of methoxy groups -OCH3 is 1. The maximum Gasteiger partial charge on any atom is 0.490 e. The molecular weight excluding hydrogens is 472 g/mol. The van der Waals surface area contributed by atoms with Crippen LogP contribution in [0.3, 0.4) is 0 Å². The maximum atomic E-state index is 10.6. The van der Waals surface area contributed by atoms with Gasteiger partial charge in [0.1, 0.15) is 0 Å². The molecule has 0 unspecified atom stereocenters. The van der Waals surface area contributed by atoms with Gasteiger partial charge in [0.05, 0.1) is 16.8 Å². The van der Waals surface area contributed by atoms with Crippen LogP contribution in [0.25, 0.3) is 0 Å². The van der Waals surface area contributed by atoms with Gasteiger partial charge < -0.3 is 20.3 Å². The molecule has 0 bridgehead atoms. The lowest BCUT2D eigenvalue weighted by atomic mass is 9.91. The van der Waals surface area contributed by atoms with Crippen LogP contribution in [0.5, 0.6) is 0 Å². The number of thiazole rings is 1. The summed E-state index contributed by atoms with van der Waals surface area (Å²) in [5.41, 5.74) is 1.21. The fourth-order valence-corrected chi connectivity index (χ4v) is 3.87. The molecule has 2 aliphatic heterocycles. The highest BCUT2D eigenvalue weighted by atomic mass is 32.1. The van der Waals surface area contributed by atoms with Crippen LogP contribution in [0.1, 0.15) is 17.1 Å². The van der Waals surface area contributed by atoms with Gasteiger partial charge in [-0.25, -0.2) is 14.6 Å². The van der Waals surface area contributed by atoms with E-state index in [9.17, 15) is 26.3 Å². The smallest absolute Gasteiger partial charge is 0.475 e. The molecular formula is C17H23F6N3O5S. The van der Waals surface area contributed by atoms with Crippen molar-refractivity contribution in [2.75, 3.05) is 26.7 Å². The van der Waals surface area contributed by atoms with E-state index >= 15 is 0 Å². The number of hydrogen-bond donors (Lipinski definition) is 3. The summed E-state index contributed by atoms with van der Waals surface area (Å²) in [6.07, 6.45) is -8.60. The molecule has 3 rings (SSSR count). The Hall–Kier alpha value is -1.97. The van der Waals surface area contributed by atoms with Gasteiger partial charge >= 0.3 is 24.3 Å². The van der Waals surface area contributed by atoms with E-state index in [-0.39, 0.29) is 0 Å². The summed E-state index contributed by atoms with van der Waals surface area (Å²) in [5, 5.41) is 21.2. The zero-order valence-corrected chi connectivity index (χ0v) is 17.9. The molecule has 0 saturated carbocycles. The van der Waals surface area contributed by atoms with Gasteiger partial charge in [-0.3, -0.25) is 4.90 Å². The lowest BCUT2D eigenvalue weighted by Crippen LogP contribution is -2.48. The first-order valence-corrected chi connectivity index (χ1v) is 10.0. The van der Waals surface area contributed by atoms with Crippen molar-refractivity contribution in [2.45, 2.75) is 44.4 Å². The van der Waals surface area contributed by atoms with Gasteiger partial charge in [-0.15, -0.1) is 11.3 Å². The van der Waals surface area contributed by atoms with Gasteiger partial charge in [0, 0.05) is 44.1 Å². The van der Waals surface area contributed by atoms with E-state index in [1.807, 2.05) is 7.11 Å². The number of carboxylic acids is 2. The van der Waals surface area contributed by atoms with Crippen LogP contribution >= 0.6 is 11.3 Å². The van der Waals surface area contributed by atoms with E-state index in [0.29, 0.717) is 18.1 Å². The van der Waals surface area contributed by atoms with E-state index < -0.39 is 24.3 Å². The standard InChI is InChI=1S/C13H21N3OS.2C2HF3O2/c1-9-15-10(8-18-9)5-16-6-11-12(7-16)14-4-3-13(11)17-2;2*3-2(4,5)1(6)7/h8,11-14H,3-7H2,1-2H3;2*(H,6,7)/t11-,12+,13+;;/m0../s1. The van der Waals surface area contributed by atoms with Crippen LogP contribution < -0.4 is 5.32 Å². The van der Waals surface area contributed by atoms with Crippen molar-refractivity contribution in [3.8, 4) is 0 Å². The number of hydrogen-bond acceptors (Lipinski definition) is 7. The molecule has 0 amide bonds. The summed E-state index contributed by atoms with van der Waals surface area (Å²) < 4.78 is 69.1. The molecule has 8 nitrogen and oxygen atoms in total. The number of halogens is 6. The number of nitrogens with one attached hydrogen (secondary N) is 1. The highest BCUT2D eigenvalue weighted by Crippen LogP contribution is 2.28. The van der Waals surface area contributed by atoms with Crippen LogP contribution in [0.2, 0.25) is 0 Å². The number of carbonyl (C=O) groups is 2. The van der Waals surface area contributed by atoms with E-state index in [1.54, 1.807) is 11.3 Å². The topological polar surface area (TPSA) is 112 Å². The highest BCUT2D eigenvalue weighted by Gasteiger charge is 2.40. The average Bonchev–Trinajstić information content (AvgIpc) is 3.26. The van der Waals surface area contributed by atoms with Crippen molar-refractivity contribution in [3.05, 3.63) is 16.1 Å². The van der Waals surface area contributed by atoms with Gasteiger partial charge in [0.2, 0.25) is 0 Å². The third-order valence-electron chi connectivity index (χ3n) is 4.59. The number of piperidine rings is 1. The number of carboxylic acid groups (broad SMARTS) is 2. The largest absolute Gasteiger partial charge is 0.490 e. The molecule has 0 spiro atoms. The van der Waals surface area contributed by atoms with Gasteiger partial charge in [-0.05, 0) is 19.9 Å². The van der Waals surface area contributed by atoms with Crippen LogP contribution in [0.15, 0.2) is 5.38 Å². The second-order valence-corrected chi connectivity index (χ2v) is 8.01. The zero-order chi connectivity index (χ0) is 24.7. The lowest BCUT2D eigenvalue weighted by Gasteiger charge is -2.32. The molecule has 2 aliphatic rings. The summed E-state index contributed by atoms with van der Waals surface area (Å²) in [4.78, 5) is 24.9. The summed E-state index contributed by atoms with van der Waals surface area (Å²) in [7, 11) is 1.85. The molecule has 3 N–H and O–H groups in total. The number of likely N-dealkylation sites (tertiary alicyclic amines) is 1. The predicted molar refractivity (Wildman–Crippen MR) is 100 cm³/mol. The fourth-order valence-electron chi connectivity index (χ4n) is 3.26. The average molecular weight is 495 g/mol. The van der Waals surface area contributed by atoms with Crippen LogP contribution in [0.4, 0.5) is 26.3 Å². The maximum absolute atomic E-state index is 10.6. The number of rotatable bonds is 3. The lowest BCUT2D eigenvalue weighted by molar-refractivity contribution is -0.193. The fraction of sp³-hybridized carbons (Fsp3) is 0.706. The molecule has 32 heavy (non-hydrogen) atoms. The third-order valence-corrected chi connectivity index (χ3v) is 5.42. The first-order chi connectivity index (χ1) is 14.6. The highest BCUT2D eigenvalue weighted by molar-refractivity contribution is 7.09. The molecule has 3 atom stereocenters. The number of alkyl halides is 6. The third kappa shape index (κ3) is 9.26. The first kappa shape index (κ1) is 28.1. The second kappa shape index (κ2) is 11.8. The summed E-state index contributed by atoms with van der Waals surface area (Å²) in [5.74, 6) is -4.87. The second-order valence-electron chi connectivity index (χ2n) is 6.95. The van der Waals surface area contributed by atoms with Crippen LogP contribution in [-0.2, 0) is 20.9 Å². The van der Waals surface area contributed by atoms with Gasteiger partial charge in [-0.2, -0.15) is 26.3 Å². The minimum atomic E-state index is -5.08. The van der Waals surface area contributed by atoms with Crippen LogP contribution in [-0.4, -0.2) is 83.3 Å². The molecule has 1 aromatic rings. The number of fused-ring (bicyclic) bond motifs is 1. The number of aryl methyl sites for hydroxylation is 1. The molecule has 184 valence electrons. The van der Waals surface area contributed by atoms with Crippen molar-refractivity contribution in [3.63, 3.8) is 0 Å². The Morgan fingerprint density at radius 3 is 2.12 bits per heavy atom. The van der Waals surface area contributed by atoms with Crippen molar-refractivity contribution in [1.29, 1.82) is 0 Å². The van der Waals surface area contributed by atoms with E-state index in [4.69, 9.17) is 24.5 Å².